The first-order valence-electron chi connectivity index (χ1n) is 12.2. The molecule has 1 fully saturated rings. The molecule has 0 aliphatic heterocycles. The molecule has 1 saturated carbocycles. The molecule has 0 unspecified atom stereocenters. The first kappa shape index (κ1) is 21.5. The summed E-state index contributed by atoms with van der Waals surface area (Å²) in [6, 6.07) is 18.8. The van der Waals surface area contributed by atoms with Gasteiger partial charge in [0.2, 0.25) is 0 Å². The molecule has 7 heteroatoms. The highest BCUT2D eigenvalue weighted by Gasteiger charge is 2.35. The number of benzene rings is 2. The largest absolute Gasteiger partial charge is 0.327 e. The Labute approximate surface area is 203 Å². The summed E-state index contributed by atoms with van der Waals surface area (Å²) in [5.74, 6) is 1.41. The van der Waals surface area contributed by atoms with Crippen molar-refractivity contribution in [1.82, 2.24) is 29.3 Å². The van der Waals surface area contributed by atoms with Crippen molar-refractivity contribution < 1.29 is 0 Å². The van der Waals surface area contributed by atoms with Gasteiger partial charge in [-0.15, -0.1) is 0 Å². The van der Waals surface area contributed by atoms with Crippen LogP contribution in [0.2, 0.25) is 0 Å². The van der Waals surface area contributed by atoms with Crippen LogP contribution in [0.5, 0.6) is 0 Å². The summed E-state index contributed by atoms with van der Waals surface area (Å²) < 4.78 is 3.72. The summed E-state index contributed by atoms with van der Waals surface area (Å²) in [5.41, 5.74) is 5.82. The highest BCUT2D eigenvalue weighted by molar-refractivity contribution is 5.74. The highest BCUT2D eigenvalue weighted by Crippen LogP contribution is 2.41. The number of fused-ring (bicyclic) bond motifs is 1. The molecule has 0 bridgehead atoms. The SMILES string of the molecule is CC(C)c1ccccc1-c1ncc2[nH]c(=O)n([C@@H]3CC[C@H]3Cc3ccc(-n4cccn4)cc3)c2n1. The van der Waals surface area contributed by atoms with E-state index in [9.17, 15) is 4.79 Å². The van der Waals surface area contributed by atoms with Crippen LogP contribution in [0.4, 0.5) is 0 Å². The third-order valence-electron chi connectivity index (χ3n) is 7.19. The van der Waals surface area contributed by atoms with Crippen molar-refractivity contribution in [3.05, 3.63) is 94.8 Å². The van der Waals surface area contributed by atoms with E-state index < -0.39 is 0 Å². The molecule has 2 aromatic carbocycles. The normalized spacial score (nSPS) is 17.7. The lowest BCUT2D eigenvalue weighted by atomic mass is 9.75. The minimum atomic E-state index is -0.104. The van der Waals surface area contributed by atoms with Gasteiger partial charge in [0.05, 0.1) is 11.9 Å². The van der Waals surface area contributed by atoms with Crippen LogP contribution >= 0.6 is 0 Å². The van der Waals surface area contributed by atoms with E-state index in [1.165, 1.54) is 11.1 Å². The summed E-state index contributed by atoms with van der Waals surface area (Å²) in [4.78, 5) is 25.5. The highest BCUT2D eigenvalue weighted by atomic mass is 16.1. The zero-order valence-electron chi connectivity index (χ0n) is 19.9. The van der Waals surface area contributed by atoms with Gasteiger partial charge in [-0.05, 0) is 60.4 Å². The summed E-state index contributed by atoms with van der Waals surface area (Å²) in [5, 5.41) is 4.30. The van der Waals surface area contributed by atoms with Crippen molar-refractivity contribution in [2.45, 2.75) is 45.1 Å². The van der Waals surface area contributed by atoms with E-state index in [2.05, 4.69) is 65.3 Å². The van der Waals surface area contributed by atoms with E-state index in [1.807, 2.05) is 33.6 Å². The molecule has 1 aliphatic carbocycles. The van der Waals surface area contributed by atoms with Crippen LogP contribution in [0.25, 0.3) is 28.2 Å². The maximum absolute atomic E-state index is 13.0. The predicted molar refractivity (Wildman–Crippen MR) is 137 cm³/mol. The van der Waals surface area contributed by atoms with E-state index in [-0.39, 0.29) is 11.7 Å². The van der Waals surface area contributed by atoms with Gasteiger partial charge >= 0.3 is 5.69 Å². The number of aromatic amines is 1. The standard InChI is InChI=1S/C28H28N6O/c1-18(2)22-6-3-4-7-23(22)26-29-17-24-27(32-26)34(28(35)31-24)25-13-10-20(25)16-19-8-11-21(12-9-19)33-15-5-14-30-33/h3-9,11-12,14-15,17-18,20,25H,10,13,16H2,1-2H3,(H,31,35)/t20-,25+/m0/s1. The van der Waals surface area contributed by atoms with Gasteiger partial charge in [-0.2, -0.15) is 5.10 Å². The van der Waals surface area contributed by atoms with Crippen molar-refractivity contribution in [2.24, 2.45) is 5.92 Å². The van der Waals surface area contributed by atoms with Gasteiger partial charge in [0, 0.05) is 24.0 Å². The molecule has 6 rings (SSSR count). The lowest BCUT2D eigenvalue weighted by Gasteiger charge is -2.37. The van der Waals surface area contributed by atoms with Gasteiger partial charge < -0.3 is 4.98 Å². The first-order valence-corrected chi connectivity index (χ1v) is 12.2. The second-order valence-corrected chi connectivity index (χ2v) is 9.70. The number of rotatable bonds is 6. The molecule has 1 N–H and O–H groups in total. The van der Waals surface area contributed by atoms with E-state index in [0.29, 0.717) is 28.8 Å². The van der Waals surface area contributed by atoms with Crippen LogP contribution in [0.1, 0.15) is 49.8 Å². The molecule has 35 heavy (non-hydrogen) atoms. The monoisotopic (exact) mass is 464 g/mol. The van der Waals surface area contributed by atoms with Crippen molar-refractivity contribution in [3.8, 4) is 17.1 Å². The Morgan fingerprint density at radius 1 is 1.06 bits per heavy atom. The Balaban J connectivity index is 1.30. The van der Waals surface area contributed by atoms with E-state index in [1.54, 1.807) is 12.4 Å². The smallest absolute Gasteiger partial charge is 0.303 e. The van der Waals surface area contributed by atoms with E-state index in [0.717, 1.165) is 30.5 Å². The number of nitrogens with zero attached hydrogens (tertiary/aromatic N) is 5. The molecule has 0 spiro atoms. The molecule has 0 saturated heterocycles. The lowest BCUT2D eigenvalue weighted by Crippen LogP contribution is -2.36. The Hall–Kier alpha value is -4.00. The summed E-state index contributed by atoms with van der Waals surface area (Å²) in [7, 11) is 0. The lowest BCUT2D eigenvalue weighted by molar-refractivity contribution is 0.181. The quantitative estimate of drug-likeness (QED) is 0.370. The summed E-state index contributed by atoms with van der Waals surface area (Å²) in [6.45, 7) is 4.34. The molecule has 0 amide bonds. The fourth-order valence-electron chi connectivity index (χ4n) is 5.20. The number of nitrogens with one attached hydrogen (secondary N) is 1. The van der Waals surface area contributed by atoms with Crippen LogP contribution in [0.3, 0.4) is 0 Å². The van der Waals surface area contributed by atoms with E-state index in [4.69, 9.17) is 4.98 Å². The number of imidazole rings is 1. The number of hydrogen-bond donors (Lipinski definition) is 1. The first-order chi connectivity index (χ1) is 17.1. The zero-order valence-corrected chi connectivity index (χ0v) is 19.9. The minimum absolute atomic E-state index is 0.104. The van der Waals surface area contributed by atoms with Gasteiger partial charge in [0.15, 0.2) is 11.5 Å². The minimum Gasteiger partial charge on any atom is -0.303 e. The number of hydrogen-bond acceptors (Lipinski definition) is 4. The third-order valence-corrected chi connectivity index (χ3v) is 7.19. The van der Waals surface area contributed by atoms with Crippen molar-refractivity contribution >= 4 is 11.2 Å². The molecule has 5 aromatic rings. The predicted octanol–water partition coefficient (Wildman–Crippen LogP) is 5.29. The van der Waals surface area contributed by atoms with Gasteiger partial charge in [0.1, 0.15) is 5.52 Å². The maximum atomic E-state index is 13.0. The maximum Gasteiger partial charge on any atom is 0.327 e. The molecule has 2 atom stereocenters. The van der Waals surface area contributed by atoms with Crippen molar-refractivity contribution in [2.75, 3.05) is 0 Å². The summed E-state index contributed by atoms with van der Waals surface area (Å²) >= 11 is 0. The Bertz CT molecular complexity index is 1530. The van der Waals surface area contributed by atoms with Crippen LogP contribution in [0.15, 0.2) is 78.0 Å². The zero-order chi connectivity index (χ0) is 23.9. The van der Waals surface area contributed by atoms with Crippen LogP contribution in [-0.4, -0.2) is 29.3 Å². The van der Waals surface area contributed by atoms with Crippen molar-refractivity contribution in [3.63, 3.8) is 0 Å². The molecule has 176 valence electrons. The molecule has 1 aliphatic rings. The Kier molecular flexibility index (Phi) is 5.32. The van der Waals surface area contributed by atoms with Gasteiger partial charge in [0.25, 0.3) is 0 Å². The topological polar surface area (TPSA) is 81.4 Å². The van der Waals surface area contributed by atoms with Gasteiger partial charge in [-0.1, -0.05) is 50.2 Å². The second kappa shape index (κ2) is 8.65. The van der Waals surface area contributed by atoms with Gasteiger partial charge in [-0.3, -0.25) is 4.57 Å². The Morgan fingerprint density at radius 3 is 2.60 bits per heavy atom. The molecule has 0 radical (unpaired) electrons. The average molecular weight is 465 g/mol. The molecule has 3 aromatic heterocycles. The molecule has 7 nitrogen and oxygen atoms in total. The van der Waals surface area contributed by atoms with Gasteiger partial charge in [-0.25, -0.2) is 19.4 Å². The molecule has 3 heterocycles. The fourth-order valence-corrected chi connectivity index (χ4v) is 5.20. The fraction of sp³-hybridized carbons (Fsp3) is 0.286. The average Bonchev–Trinajstić information content (AvgIpc) is 3.51. The van der Waals surface area contributed by atoms with Crippen molar-refractivity contribution in [1.29, 1.82) is 0 Å². The molecular weight excluding hydrogens is 436 g/mol. The second-order valence-electron chi connectivity index (χ2n) is 9.70. The Morgan fingerprint density at radius 2 is 1.89 bits per heavy atom. The number of aromatic nitrogens is 6. The van der Waals surface area contributed by atoms with Crippen LogP contribution in [-0.2, 0) is 6.42 Å². The van der Waals surface area contributed by atoms with E-state index >= 15 is 0 Å². The summed E-state index contributed by atoms with van der Waals surface area (Å²) in [6.07, 6.45) is 8.47. The molecular formula is C28H28N6O. The third kappa shape index (κ3) is 3.87. The van der Waals surface area contributed by atoms with Crippen LogP contribution < -0.4 is 5.69 Å². The number of H-pyrrole nitrogens is 1. The van der Waals surface area contributed by atoms with Crippen LogP contribution in [0, 0.1) is 5.92 Å².